The summed E-state index contributed by atoms with van der Waals surface area (Å²) in [6, 6.07) is 17.2. The Labute approximate surface area is 219 Å². The molecule has 3 amide bonds. The van der Waals surface area contributed by atoms with Gasteiger partial charge in [-0.25, -0.2) is 17.6 Å². The molecule has 37 heavy (non-hydrogen) atoms. The summed E-state index contributed by atoms with van der Waals surface area (Å²) in [5.41, 5.74) is 7.74. The second-order valence-electron chi connectivity index (χ2n) is 8.32. The lowest BCUT2D eigenvalue weighted by molar-refractivity contribution is -0.127. The van der Waals surface area contributed by atoms with Crippen molar-refractivity contribution in [2.24, 2.45) is 5.73 Å². The van der Waals surface area contributed by atoms with Crippen LogP contribution in [0.4, 0.5) is 14.9 Å². The zero-order chi connectivity index (χ0) is 26.6. The minimum atomic E-state index is -4.24. The van der Waals surface area contributed by atoms with Crippen molar-refractivity contribution < 1.29 is 22.4 Å². The first-order chi connectivity index (χ1) is 17.7. The molecule has 1 atom stereocenters. The standard InChI is InChI=1S/C25H25ClFN5O4S/c26-19-4-8-21(9-5-19)30-25(34)31-12-13-32(37(35,36)22-10-6-20(27)7-11-22)24(31)23(33)29-16-18-3-1-2-17(14-18)15-28/h1-11,14,24H,12-13,15-16,28H2,(H,29,33)(H,30,34). The first kappa shape index (κ1) is 26.6. The molecule has 12 heteroatoms. The molecule has 0 saturated carbocycles. The molecule has 3 aromatic carbocycles. The van der Waals surface area contributed by atoms with Crippen LogP contribution < -0.4 is 16.4 Å². The van der Waals surface area contributed by atoms with Crippen LogP contribution in [-0.4, -0.2) is 48.8 Å². The average molecular weight is 546 g/mol. The summed E-state index contributed by atoms with van der Waals surface area (Å²) in [6.45, 7) is 0.252. The van der Waals surface area contributed by atoms with E-state index in [1.807, 2.05) is 12.1 Å². The van der Waals surface area contributed by atoms with Crippen LogP contribution in [0.25, 0.3) is 0 Å². The fraction of sp³-hybridized carbons (Fsp3) is 0.200. The molecule has 1 saturated heterocycles. The molecule has 194 valence electrons. The fourth-order valence-electron chi connectivity index (χ4n) is 3.96. The smallest absolute Gasteiger partial charge is 0.323 e. The van der Waals surface area contributed by atoms with Gasteiger partial charge >= 0.3 is 6.03 Å². The predicted octanol–water partition coefficient (Wildman–Crippen LogP) is 3.12. The van der Waals surface area contributed by atoms with Gasteiger partial charge in [-0.05, 0) is 59.7 Å². The van der Waals surface area contributed by atoms with Crippen LogP contribution in [-0.2, 0) is 27.9 Å². The number of urea groups is 1. The monoisotopic (exact) mass is 545 g/mol. The van der Waals surface area contributed by atoms with Gasteiger partial charge in [-0.15, -0.1) is 0 Å². The molecule has 0 bridgehead atoms. The first-order valence-electron chi connectivity index (χ1n) is 11.4. The lowest BCUT2D eigenvalue weighted by Crippen LogP contribution is -2.54. The molecule has 4 rings (SSSR count). The molecule has 0 aliphatic carbocycles. The van der Waals surface area contributed by atoms with Gasteiger partial charge in [0.25, 0.3) is 5.91 Å². The normalized spacial score (nSPS) is 16.0. The second kappa shape index (κ2) is 11.3. The van der Waals surface area contributed by atoms with Crippen molar-refractivity contribution in [1.29, 1.82) is 0 Å². The van der Waals surface area contributed by atoms with Crippen LogP contribution in [0.5, 0.6) is 0 Å². The largest absolute Gasteiger partial charge is 0.349 e. The lowest BCUT2D eigenvalue weighted by Gasteiger charge is -2.29. The van der Waals surface area contributed by atoms with Gasteiger partial charge in [0.05, 0.1) is 4.90 Å². The molecule has 9 nitrogen and oxygen atoms in total. The Morgan fingerprint density at radius 1 is 1.00 bits per heavy atom. The molecular weight excluding hydrogens is 521 g/mol. The van der Waals surface area contributed by atoms with Crippen LogP contribution >= 0.6 is 11.6 Å². The Balaban J connectivity index is 1.60. The van der Waals surface area contributed by atoms with Gasteiger partial charge in [0.15, 0.2) is 6.17 Å². The number of carbonyl (C=O) groups excluding carboxylic acids is 2. The zero-order valence-electron chi connectivity index (χ0n) is 19.6. The summed E-state index contributed by atoms with van der Waals surface area (Å²) in [5, 5.41) is 5.87. The van der Waals surface area contributed by atoms with Crippen molar-refractivity contribution >= 4 is 39.2 Å². The van der Waals surface area contributed by atoms with Gasteiger partial charge in [-0.3, -0.25) is 9.69 Å². The minimum absolute atomic E-state index is 0.0411. The molecule has 1 aliphatic heterocycles. The van der Waals surface area contributed by atoms with E-state index in [9.17, 15) is 22.4 Å². The number of nitrogens with one attached hydrogen (secondary N) is 2. The van der Waals surface area contributed by atoms with E-state index in [2.05, 4.69) is 10.6 Å². The van der Waals surface area contributed by atoms with Gasteiger partial charge in [-0.2, -0.15) is 4.31 Å². The maximum absolute atomic E-state index is 13.4. The number of nitrogens with two attached hydrogens (primary N) is 1. The van der Waals surface area contributed by atoms with E-state index in [1.54, 1.807) is 36.4 Å². The summed E-state index contributed by atoms with van der Waals surface area (Å²) in [6.07, 6.45) is -1.47. The van der Waals surface area contributed by atoms with Gasteiger partial charge in [0, 0.05) is 36.9 Å². The fourth-order valence-corrected chi connectivity index (χ4v) is 5.63. The summed E-state index contributed by atoms with van der Waals surface area (Å²) in [7, 11) is -4.24. The lowest BCUT2D eigenvalue weighted by atomic mass is 10.1. The molecular formula is C25H25ClFN5O4S. The SMILES string of the molecule is NCc1cccc(CNC(=O)C2N(C(=O)Nc3ccc(Cl)cc3)CCN2S(=O)(=O)c2ccc(F)cc2)c1. The summed E-state index contributed by atoms with van der Waals surface area (Å²) < 4.78 is 41.2. The molecule has 1 fully saturated rings. The Kier molecular flexibility index (Phi) is 8.08. The quantitative estimate of drug-likeness (QED) is 0.421. The molecule has 1 heterocycles. The van der Waals surface area contributed by atoms with Gasteiger partial charge < -0.3 is 16.4 Å². The number of rotatable bonds is 7. The van der Waals surface area contributed by atoms with E-state index in [0.29, 0.717) is 17.3 Å². The minimum Gasteiger partial charge on any atom is -0.349 e. The summed E-state index contributed by atoms with van der Waals surface area (Å²) in [5.74, 6) is -1.29. The highest BCUT2D eigenvalue weighted by Gasteiger charge is 2.46. The highest BCUT2D eigenvalue weighted by atomic mass is 35.5. The van der Waals surface area contributed by atoms with Crippen LogP contribution in [0, 0.1) is 5.82 Å². The van der Waals surface area contributed by atoms with Crippen molar-refractivity contribution in [3.63, 3.8) is 0 Å². The van der Waals surface area contributed by atoms with Crippen LogP contribution in [0.3, 0.4) is 0 Å². The number of benzene rings is 3. The van der Waals surface area contributed by atoms with Crippen molar-refractivity contribution in [3.8, 4) is 0 Å². The molecule has 0 radical (unpaired) electrons. The number of amides is 3. The highest BCUT2D eigenvalue weighted by molar-refractivity contribution is 7.89. The Morgan fingerprint density at radius 2 is 1.68 bits per heavy atom. The van der Waals surface area contributed by atoms with E-state index >= 15 is 0 Å². The molecule has 0 aromatic heterocycles. The van der Waals surface area contributed by atoms with E-state index in [-0.39, 0.29) is 24.5 Å². The Hall–Kier alpha value is -3.51. The number of halogens is 2. The van der Waals surface area contributed by atoms with Gasteiger partial charge in [0.1, 0.15) is 5.82 Å². The van der Waals surface area contributed by atoms with E-state index in [4.69, 9.17) is 17.3 Å². The number of carbonyl (C=O) groups is 2. The third kappa shape index (κ3) is 6.08. The molecule has 1 unspecified atom stereocenters. The molecule has 1 aliphatic rings. The van der Waals surface area contributed by atoms with Crippen LogP contribution in [0.1, 0.15) is 11.1 Å². The number of hydrogen-bond acceptors (Lipinski definition) is 5. The molecule has 3 aromatic rings. The predicted molar refractivity (Wildman–Crippen MR) is 137 cm³/mol. The zero-order valence-corrected chi connectivity index (χ0v) is 21.2. The maximum atomic E-state index is 13.4. The van der Waals surface area contributed by atoms with Gasteiger partial charge in [0.2, 0.25) is 10.0 Å². The van der Waals surface area contributed by atoms with Crippen molar-refractivity contribution in [3.05, 3.63) is 94.8 Å². The van der Waals surface area contributed by atoms with Gasteiger partial charge in [-0.1, -0.05) is 35.9 Å². The Bertz CT molecular complexity index is 1390. The number of sulfonamides is 1. The molecule has 0 spiro atoms. The van der Waals surface area contributed by atoms with E-state index in [0.717, 1.165) is 44.6 Å². The highest BCUT2D eigenvalue weighted by Crippen LogP contribution is 2.26. The summed E-state index contributed by atoms with van der Waals surface area (Å²) in [4.78, 5) is 27.5. The Morgan fingerprint density at radius 3 is 2.35 bits per heavy atom. The molecule has 4 N–H and O–H groups in total. The topological polar surface area (TPSA) is 125 Å². The third-order valence-electron chi connectivity index (χ3n) is 5.83. The average Bonchev–Trinajstić information content (AvgIpc) is 3.35. The van der Waals surface area contributed by atoms with Crippen molar-refractivity contribution in [1.82, 2.24) is 14.5 Å². The number of anilines is 1. The van der Waals surface area contributed by atoms with Crippen molar-refractivity contribution in [2.75, 3.05) is 18.4 Å². The first-order valence-corrected chi connectivity index (χ1v) is 13.2. The van der Waals surface area contributed by atoms with E-state index in [1.165, 1.54) is 0 Å². The summed E-state index contributed by atoms with van der Waals surface area (Å²) >= 11 is 5.90. The second-order valence-corrected chi connectivity index (χ2v) is 10.6. The van der Waals surface area contributed by atoms with E-state index < -0.39 is 33.9 Å². The number of nitrogens with zero attached hydrogens (tertiary/aromatic N) is 2. The van der Waals surface area contributed by atoms with Crippen molar-refractivity contribution in [2.45, 2.75) is 24.2 Å². The van der Waals surface area contributed by atoms with Crippen LogP contribution in [0.15, 0.2) is 77.7 Å². The third-order valence-corrected chi connectivity index (χ3v) is 7.95. The number of hydrogen-bond donors (Lipinski definition) is 3. The van der Waals surface area contributed by atoms with Crippen LogP contribution in [0.2, 0.25) is 5.02 Å². The maximum Gasteiger partial charge on any atom is 0.323 e.